The molecule has 0 saturated carbocycles. The second-order valence-electron chi connectivity index (χ2n) is 3.76. The molecule has 2 N–H and O–H groups in total. The lowest BCUT2D eigenvalue weighted by Crippen LogP contribution is -2.35. The summed E-state index contributed by atoms with van der Waals surface area (Å²) < 4.78 is 25.5. The lowest BCUT2D eigenvalue weighted by atomic mass is 10.2. The molecule has 0 saturated heterocycles. The first-order valence-electron chi connectivity index (χ1n) is 5.41. The van der Waals surface area contributed by atoms with Crippen LogP contribution in [0, 0.1) is 6.92 Å². The third kappa shape index (κ3) is 3.43. The summed E-state index contributed by atoms with van der Waals surface area (Å²) in [6.07, 6.45) is 0. The van der Waals surface area contributed by atoms with Gasteiger partial charge in [0.25, 0.3) is 0 Å². The largest absolute Gasteiger partial charge is 0.395 e. The van der Waals surface area contributed by atoms with Crippen LogP contribution in [0.2, 0.25) is 5.02 Å². The minimum Gasteiger partial charge on any atom is -0.395 e. The topological polar surface area (TPSA) is 77.8 Å². The van der Waals surface area contributed by atoms with Crippen molar-refractivity contribution in [3.05, 3.63) is 28.8 Å². The van der Waals surface area contributed by atoms with Gasteiger partial charge >= 0.3 is 0 Å². The molecule has 0 atom stereocenters. The van der Waals surface area contributed by atoms with Crippen LogP contribution < -0.4 is 0 Å². The van der Waals surface area contributed by atoms with Crippen molar-refractivity contribution in [3.63, 3.8) is 0 Å². The molecule has 0 spiro atoms. The first kappa shape index (κ1) is 15.4. The predicted molar refractivity (Wildman–Crippen MR) is 69.1 cm³/mol. The molecule has 0 aromatic heterocycles. The smallest absolute Gasteiger partial charge is 0.243 e. The fraction of sp³-hybridized carbons (Fsp3) is 0.455. The van der Waals surface area contributed by atoms with Crippen LogP contribution in [-0.4, -0.2) is 49.2 Å². The number of hydrogen-bond acceptors (Lipinski definition) is 4. The zero-order chi connectivity index (χ0) is 13.8. The monoisotopic (exact) mass is 293 g/mol. The number of aliphatic hydroxyl groups excluding tert-OH is 2. The quantitative estimate of drug-likeness (QED) is 0.806. The van der Waals surface area contributed by atoms with E-state index in [0.717, 1.165) is 4.31 Å². The van der Waals surface area contributed by atoms with E-state index in [1.165, 1.54) is 18.2 Å². The summed E-state index contributed by atoms with van der Waals surface area (Å²) in [5, 5.41) is 18.2. The molecule has 0 amide bonds. The van der Waals surface area contributed by atoms with Gasteiger partial charge in [-0.1, -0.05) is 11.6 Å². The number of halogens is 1. The fourth-order valence-electron chi connectivity index (χ4n) is 1.50. The number of rotatable bonds is 6. The molecule has 1 aromatic rings. The van der Waals surface area contributed by atoms with E-state index in [0.29, 0.717) is 10.6 Å². The van der Waals surface area contributed by atoms with Gasteiger partial charge in [-0.25, -0.2) is 8.42 Å². The maximum Gasteiger partial charge on any atom is 0.243 e. The van der Waals surface area contributed by atoms with E-state index < -0.39 is 10.0 Å². The molecule has 0 heterocycles. The van der Waals surface area contributed by atoms with Crippen molar-refractivity contribution in [2.75, 3.05) is 26.3 Å². The fourth-order valence-corrected chi connectivity index (χ4v) is 3.13. The van der Waals surface area contributed by atoms with Crippen LogP contribution >= 0.6 is 11.6 Å². The van der Waals surface area contributed by atoms with Crippen molar-refractivity contribution >= 4 is 21.6 Å². The van der Waals surface area contributed by atoms with Crippen molar-refractivity contribution in [3.8, 4) is 0 Å². The molecule has 102 valence electrons. The average Bonchev–Trinajstić information content (AvgIpc) is 2.32. The van der Waals surface area contributed by atoms with Gasteiger partial charge < -0.3 is 10.2 Å². The van der Waals surface area contributed by atoms with Crippen LogP contribution in [0.15, 0.2) is 23.1 Å². The maximum atomic E-state index is 12.2. The zero-order valence-electron chi connectivity index (χ0n) is 10.0. The highest BCUT2D eigenvalue weighted by atomic mass is 35.5. The molecule has 1 aromatic carbocycles. The minimum absolute atomic E-state index is 0.0510. The lowest BCUT2D eigenvalue weighted by molar-refractivity contribution is 0.217. The highest BCUT2D eigenvalue weighted by Crippen LogP contribution is 2.21. The molecule has 1 rings (SSSR count). The highest BCUT2D eigenvalue weighted by molar-refractivity contribution is 7.89. The van der Waals surface area contributed by atoms with Crippen molar-refractivity contribution in [2.24, 2.45) is 0 Å². The van der Waals surface area contributed by atoms with Crippen LogP contribution in [0.1, 0.15) is 5.56 Å². The first-order chi connectivity index (χ1) is 8.43. The standard InChI is InChI=1S/C11H16ClNO4S/c1-9-8-10(2-3-11(9)12)18(16,17)13(4-6-14)5-7-15/h2-3,8,14-15H,4-7H2,1H3. The van der Waals surface area contributed by atoms with E-state index >= 15 is 0 Å². The van der Waals surface area contributed by atoms with Crippen LogP contribution in [0.25, 0.3) is 0 Å². The van der Waals surface area contributed by atoms with E-state index in [2.05, 4.69) is 0 Å². The summed E-state index contributed by atoms with van der Waals surface area (Å²) in [7, 11) is -3.71. The van der Waals surface area contributed by atoms with Gasteiger partial charge in [0, 0.05) is 18.1 Å². The third-order valence-electron chi connectivity index (χ3n) is 2.47. The van der Waals surface area contributed by atoms with Gasteiger partial charge in [-0.05, 0) is 30.7 Å². The van der Waals surface area contributed by atoms with Crippen LogP contribution in [0.3, 0.4) is 0 Å². The Labute approximate surface area is 112 Å². The van der Waals surface area contributed by atoms with Gasteiger partial charge in [0.1, 0.15) is 0 Å². The Morgan fingerprint density at radius 3 is 2.22 bits per heavy atom. The van der Waals surface area contributed by atoms with Gasteiger partial charge in [0.2, 0.25) is 10.0 Å². The molecule has 18 heavy (non-hydrogen) atoms. The van der Waals surface area contributed by atoms with Crippen molar-refractivity contribution in [1.82, 2.24) is 4.31 Å². The number of benzene rings is 1. The minimum atomic E-state index is -3.71. The van der Waals surface area contributed by atoms with Crippen LogP contribution in [0.4, 0.5) is 0 Å². The normalized spacial score (nSPS) is 12.1. The number of sulfonamides is 1. The van der Waals surface area contributed by atoms with E-state index in [4.69, 9.17) is 21.8 Å². The summed E-state index contributed by atoms with van der Waals surface area (Å²) in [5.41, 5.74) is 0.658. The number of nitrogens with zero attached hydrogens (tertiary/aromatic N) is 1. The Balaban J connectivity index is 3.13. The summed E-state index contributed by atoms with van der Waals surface area (Å²) >= 11 is 5.84. The lowest BCUT2D eigenvalue weighted by Gasteiger charge is -2.20. The van der Waals surface area contributed by atoms with E-state index in [1.807, 2.05) is 0 Å². The number of aryl methyl sites for hydroxylation is 1. The molecule has 7 heteroatoms. The number of aliphatic hydroxyl groups is 2. The van der Waals surface area contributed by atoms with Crippen molar-refractivity contribution in [1.29, 1.82) is 0 Å². The molecular formula is C11H16ClNO4S. The summed E-state index contributed by atoms with van der Waals surface area (Å²) in [5.74, 6) is 0. The van der Waals surface area contributed by atoms with Gasteiger partial charge in [-0.3, -0.25) is 0 Å². The van der Waals surface area contributed by atoms with Gasteiger partial charge in [0.15, 0.2) is 0 Å². The summed E-state index contributed by atoms with van der Waals surface area (Å²) in [4.78, 5) is 0.103. The molecule has 0 aliphatic rings. The second-order valence-corrected chi connectivity index (χ2v) is 6.11. The first-order valence-corrected chi connectivity index (χ1v) is 7.23. The van der Waals surface area contributed by atoms with Gasteiger partial charge in [-0.2, -0.15) is 4.31 Å². The van der Waals surface area contributed by atoms with E-state index in [9.17, 15) is 8.42 Å². The van der Waals surface area contributed by atoms with Crippen molar-refractivity contribution < 1.29 is 18.6 Å². The van der Waals surface area contributed by atoms with E-state index in [-0.39, 0.29) is 31.2 Å². The van der Waals surface area contributed by atoms with Crippen molar-refractivity contribution in [2.45, 2.75) is 11.8 Å². The maximum absolute atomic E-state index is 12.2. The van der Waals surface area contributed by atoms with Crippen LogP contribution in [-0.2, 0) is 10.0 Å². The molecule has 5 nitrogen and oxygen atoms in total. The van der Waals surface area contributed by atoms with Gasteiger partial charge in [0.05, 0.1) is 18.1 Å². The SMILES string of the molecule is Cc1cc(S(=O)(=O)N(CCO)CCO)ccc1Cl. The molecule has 0 radical (unpaired) electrons. The van der Waals surface area contributed by atoms with E-state index in [1.54, 1.807) is 6.92 Å². The molecule has 0 aliphatic heterocycles. The molecule has 0 aliphatic carbocycles. The summed E-state index contributed by atoms with van der Waals surface area (Å²) in [6.45, 7) is 1.01. The third-order valence-corrected chi connectivity index (χ3v) is 4.78. The predicted octanol–water partition coefficient (Wildman–Crippen LogP) is 0.624. The Hall–Kier alpha value is -0.660. The van der Waals surface area contributed by atoms with Gasteiger partial charge in [-0.15, -0.1) is 0 Å². The number of hydrogen-bond donors (Lipinski definition) is 2. The Morgan fingerprint density at radius 1 is 1.22 bits per heavy atom. The highest BCUT2D eigenvalue weighted by Gasteiger charge is 2.23. The second kappa shape index (κ2) is 6.49. The molecular weight excluding hydrogens is 278 g/mol. The summed E-state index contributed by atoms with van der Waals surface area (Å²) in [6, 6.07) is 4.39. The molecule has 0 fully saturated rings. The Kier molecular flexibility index (Phi) is 5.55. The molecule has 0 bridgehead atoms. The average molecular weight is 294 g/mol. The Morgan fingerprint density at radius 2 is 1.78 bits per heavy atom. The zero-order valence-corrected chi connectivity index (χ0v) is 11.6. The Bertz CT molecular complexity index is 498. The van der Waals surface area contributed by atoms with Crippen LogP contribution in [0.5, 0.6) is 0 Å². The molecule has 0 unspecified atom stereocenters.